The highest BCUT2D eigenvalue weighted by Gasteiger charge is 2.24. The molecule has 68 heavy (non-hydrogen) atoms. The molecule has 5 nitrogen and oxygen atoms in total. The van der Waals surface area contributed by atoms with E-state index in [1.54, 1.807) is 0 Å². The van der Waals surface area contributed by atoms with Crippen molar-refractivity contribution in [1.29, 1.82) is 0 Å². The topological polar surface area (TPSA) is 48.5 Å². The van der Waals surface area contributed by atoms with Crippen LogP contribution in [0.5, 0.6) is 0 Å². The van der Waals surface area contributed by atoms with Gasteiger partial charge in [0.05, 0.1) is 27.8 Å². The Kier molecular flexibility index (Phi) is 9.43. The lowest BCUT2D eigenvalue weighted by atomic mass is 9.95. The first-order chi connectivity index (χ1) is 33.7. The van der Waals surface area contributed by atoms with Crippen molar-refractivity contribution in [3.63, 3.8) is 0 Å². The maximum atomic E-state index is 5.38. The Bertz CT molecular complexity index is 4010. The van der Waals surface area contributed by atoms with E-state index in [1.165, 1.54) is 38.3 Å². The van der Waals surface area contributed by atoms with E-state index >= 15 is 0 Å². The van der Waals surface area contributed by atoms with Crippen molar-refractivity contribution in [2.24, 2.45) is 0 Å². The number of benzene rings is 10. The molecule has 0 unspecified atom stereocenters. The zero-order valence-corrected chi connectivity index (χ0v) is 36.9. The molecule has 0 spiro atoms. The van der Waals surface area contributed by atoms with Gasteiger partial charge in [0, 0.05) is 43.9 Å². The predicted octanol–water partition coefficient (Wildman–Crippen LogP) is 16.1. The van der Waals surface area contributed by atoms with Crippen molar-refractivity contribution in [3.05, 3.63) is 249 Å². The molecule has 0 radical (unpaired) electrons. The van der Waals surface area contributed by atoms with E-state index in [0.29, 0.717) is 17.5 Å². The number of hydrogen-bond acceptors (Lipinski definition) is 3. The summed E-state index contributed by atoms with van der Waals surface area (Å²) >= 11 is 0. The van der Waals surface area contributed by atoms with Crippen LogP contribution in [-0.4, -0.2) is 24.1 Å². The van der Waals surface area contributed by atoms with Gasteiger partial charge in [0.15, 0.2) is 17.5 Å². The largest absolute Gasteiger partial charge is 0.309 e. The molecule has 0 bridgehead atoms. The van der Waals surface area contributed by atoms with Gasteiger partial charge in [-0.25, -0.2) is 15.0 Å². The molecule has 5 heteroatoms. The van der Waals surface area contributed by atoms with Crippen LogP contribution in [0.3, 0.4) is 0 Å². The van der Waals surface area contributed by atoms with Crippen LogP contribution < -0.4 is 0 Å². The third-order valence-electron chi connectivity index (χ3n) is 13.2. The normalized spacial score (nSPS) is 11.5. The minimum atomic E-state index is 0.592. The average Bonchev–Trinajstić information content (AvgIpc) is 3.95. The number of para-hydroxylation sites is 3. The summed E-state index contributed by atoms with van der Waals surface area (Å²) < 4.78 is 4.81. The maximum Gasteiger partial charge on any atom is 0.166 e. The van der Waals surface area contributed by atoms with Gasteiger partial charge in [-0.2, -0.15) is 0 Å². The summed E-state index contributed by atoms with van der Waals surface area (Å²) in [5, 5.41) is 4.79. The van der Waals surface area contributed by atoms with Crippen LogP contribution in [0.1, 0.15) is 0 Å². The molecule has 0 amide bonds. The van der Waals surface area contributed by atoms with E-state index in [0.717, 1.165) is 66.7 Å². The Morgan fingerprint density at radius 1 is 0.250 bits per heavy atom. The second-order valence-corrected chi connectivity index (χ2v) is 17.2. The van der Waals surface area contributed by atoms with Crippen LogP contribution in [0, 0.1) is 0 Å². The second-order valence-electron chi connectivity index (χ2n) is 17.2. The lowest BCUT2D eigenvalue weighted by molar-refractivity contribution is 1.06. The first-order valence-corrected chi connectivity index (χ1v) is 23.0. The minimum absolute atomic E-state index is 0.592. The van der Waals surface area contributed by atoms with Gasteiger partial charge in [0.25, 0.3) is 0 Å². The summed E-state index contributed by atoms with van der Waals surface area (Å²) in [5.41, 5.74) is 16.2. The summed E-state index contributed by atoms with van der Waals surface area (Å²) in [6.07, 6.45) is 0. The lowest BCUT2D eigenvalue weighted by Gasteiger charge is -2.17. The highest BCUT2D eigenvalue weighted by molar-refractivity contribution is 6.22. The fraction of sp³-hybridized carbons (Fsp3) is 0. The molecule has 0 aliphatic carbocycles. The summed E-state index contributed by atoms with van der Waals surface area (Å²) in [6.45, 7) is 0. The van der Waals surface area contributed by atoms with Crippen molar-refractivity contribution in [2.75, 3.05) is 0 Å². The molecular formula is C63H41N5. The van der Waals surface area contributed by atoms with Gasteiger partial charge < -0.3 is 9.13 Å². The average molecular weight is 868 g/mol. The molecule has 0 fully saturated rings. The standard InChI is InChI=1S/C63H41N5/c1-5-20-42(21-6-1)45-26-17-27-47(40-45)62-64-61(44-24-9-3-10-25-44)65-63(66-62)53-39-38-46(43-22-7-2-8-23-43)41-58(53)68-55-35-16-14-31-52(55)60-50(33-19-37-57(60)68)49-32-18-36-56-59(49)51-30-13-15-34-54(51)67(56)48-28-11-4-12-29-48/h1-41H. The predicted molar refractivity (Wildman–Crippen MR) is 281 cm³/mol. The third kappa shape index (κ3) is 6.59. The van der Waals surface area contributed by atoms with E-state index < -0.39 is 0 Å². The Morgan fingerprint density at radius 3 is 1.29 bits per heavy atom. The van der Waals surface area contributed by atoms with Gasteiger partial charge in [-0.05, 0) is 88.0 Å². The fourth-order valence-corrected chi connectivity index (χ4v) is 10.1. The first-order valence-electron chi connectivity index (χ1n) is 23.0. The second kappa shape index (κ2) is 16.4. The van der Waals surface area contributed by atoms with Crippen molar-refractivity contribution in [3.8, 4) is 78.9 Å². The van der Waals surface area contributed by atoms with Crippen LogP contribution in [0.15, 0.2) is 249 Å². The fourth-order valence-electron chi connectivity index (χ4n) is 10.1. The Morgan fingerprint density at radius 2 is 0.676 bits per heavy atom. The summed E-state index contributed by atoms with van der Waals surface area (Å²) in [5.74, 6) is 1.81. The molecule has 318 valence electrons. The van der Waals surface area contributed by atoms with Gasteiger partial charge in [0.1, 0.15) is 0 Å². The van der Waals surface area contributed by atoms with E-state index in [-0.39, 0.29) is 0 Å². The van der Waals surface area contributed by atoms with Crippen LogP contribution in [0.2, 0.25) is 0 Å². The monoisotopic (exact) mass is 867 g/mol. The quantitative estimate of drug-likeness (QED) is 0.153. The lowest BCUT2D eigenvalue weighted by Crippen LogP contribution is -2.04. The van der Waals surface area contributed by atoms with Gasteiger partial charge in [-0.1, -0.05) is 194 Å². The van der Waals surface area contributed by atoms with Gasteiger partial charge in [-0.3, -0.25) is 0 Å². The Labute approximate surface area is 393 Å². The van der Waals surface area contributed by atoms with Gasteiger partial charge in [-0.15, -0.1) is 0 Å². The van der Waals surface area contributed by atoms with Gasteiger partial charge >= 0.3 is 0 Å². The molecule has 0 atom stereocenters. The van der Waals surface area contributed by atoms with Crippen LogP contribution in [0.4, 0.5) is 0 Å². The number of aromatic nitrogens is 5. The molecule has 3 heterocycles. The van der Waals surface area contributed by atoms with Crippen molar-refractivity contribution >= 4 is 43.6 Å². The van der Waals surface area contributed by atoms with E-state index in [2.05, 4.69) is 234 Å². The minimum Gasteiger partial charge on any atom is -0.309 e. The summed E-state index contributed by atoms with van der Waals surface area (Å²) in [7, 11) is 0. The molecule has 0 N–H and O–H groups in total. The number of rotatable bonds is 8. The van der Waals surface area contributed by atoms with Crippen molar-refractivity contribution in [2.45, 2.75) is 0 Å². The molecule has 13 rings (SSSR count). The zero-order chi connectivity index (χ0) is 45.0. The highest BCUT2D eigenvalue weighted by Crippen LogP contribution is 2.45. The van der Waals surface area contributed by atoms with Crippen LogP contribution >= 0.6 is 0 Å². The molecule has 13 aromatic rings. The summed E-state index contributed by atoms with van der Waals surface area (Å²) in [4.78, 5) is 15.9. The first kappa shape index (κ1) is 39.2. The zero-order valence-electron chi connectivity index (χ0n) is 36.9. The highest BCUT2D eigenvalue weighted by atomic mass is 15.1. The Hall–Kier alpha value is -9.19. The molecular weight excluding hydrogens is 827 g/mol. The van der Waals surface area contributed by atoms with Crippen molar-refractivity contribution in [1.82, 2.24) is 24.1 Å². The molecule has 0 aliphatic rings. The van der Waals surface area contributed by atoms with Gasteiger partial charge in [0.2, 0.25) is 0 Å². The van der Waals surface area contributed by atoms with E-state index in [1.807, 2.05) is 24.3 Å². The van der Waals surface area contributed by atoms with Crippen LogP contribution in [0.25, 0.3) is 123 Å². The molecule has 0 saturated heterocycles. The number of nitrogens with zero attached hydrogens (tertiary/aromatic N) is 5. The Balaban J connectivity index is 1.08. The van der Waals surface area contributed by atoms with Crippen LogP contribution in [-0.2, 0) is 0 Å². The number of hydrogen-bond donors (Lipinski definition) is 0. The third-order valence-corrected chi connectivity index (χ3v) is 13.2. The number of fused-ring (bicyclic) bond motifs is 6. The smallest absolute Gasteiger partial charge is 0.166 e. The molecule has 0 saturated carbocycles. The SMILES string of the molecule is c1ccc(-c2cccc(-c3nc(-c4ccccc4)nc(-c4ccc(-c5ccccc5)cc4-n4c5ccccc5c5c(-c6cccc7c6c6ccccc6n7-c6ccccc6)cccc54)n3)c2)cc1. The molecule has 10 aromatic carbocycles. The van der Waals surface area contributed by atoms with Crippen molar-refractivity contribution < 1.29 is 0 Å². The van der Waals surface area contributed by atoms with E-state index in [4.69, 9.17) is 15.0 Å². The van der Waals surface area contributed by atoms with E-state index in [9.17, 15) is 0 Å². The summed E-state index contributed by atoms with van der Waals surface area (Å²) in [6, 6.07) is 88.2. The molecule has 3 aromatic heterocycles. The molecule has 0 aliphatic heterocycles. The maximum absolute atomic E-state index is 5.38.